The van der Waals surface area contributed by atoms with Gasteiger partial charge in [0.15, 0.2) is 5.96 Å². The Morgan fingerprint density at radius 3 is 2.37 bits per heavy atom. The van der Waals surface area contributed by atoms with Gasteiger partial charge in [0.2, 0.25) is 35.4 Å². The maximum Gasteiger partial charge on any atom is 0.326 e. The Morgan fingerprint density at radius 2 is 1.68 bits per heavy atom. The van der Waals surface area contributed by atoms with Crippen molar-refractivity contribution in [3.8, 4) is 0 Å². The van der Waals surface area contributed by atoms with Crippen LogP contribution in [0.4, 0.5) is 0 Å². The number of carboxylic acids is 1. The largest absolute Gasteiger partial charge is 0.480 e. The summed E-state index contributed by atoms with van der Waals surface area (Å²) in [4.78, 5) is 107. The number of hydrogen-bond acceptors (Lipinski definition) is 9. The van der Waals surface area contributed by atoms with Crippen LogP contribution in [0.25, 0.3) is 10.9 Å². The van der Waals surface area contributed by atoms with Crippen molar-refractivity contribution in [2.45, 2.75) is 121 Å². The van der Waals surface area contributed by atoms with Crippen LogP contribution in [-0.2, 0) is 40.0 Å². The van der Waals surface area contributed by atoms with E-state index in [4.69, 9.17) is 17.2 Å². The molecule has 0 aliphatic carbocycles. The average Bonchev–Trinajstić information content (AvgIpc) is 3.85. The van der Waals surface area contributed by atoms with Gasteiger partial charge in [-0.05, 0) is 81.9 Å². The quantitative estimate of drug-likeness (QED) is 0.0631. The van der Waals surface area contributed by atoms with Crippen LogP contribution in [0.3, 0.4) is 0 Å². The second-order valence-electron chi connectivity index (χ2n) is 15.8. The molecule has 6 amide bonds. The summed E-state index contributed by atoms with van der Waals surface area (Å²) in [7, 11) is 1.43. The molecule has 59 heavy (non-hydrogen) atoms. The molecule has 0 bridgehead atoms. The normalized spacial score (nSPS) is 22.9. The fourth-order valence-corrected chi connectivity index (χ4v) is 7.64. The first-order valence-electron chi connectivity index (χ1n) is 20.4. The van der Waals surface area contributed by atoms with Crippen molar-refractivity contribution < 1.29 is 38.7 Å². The number of nitrogens with two attached hydrogens (primary N) is 3. The van der Waals surface area contributed by atoms with Crippen LogP contribution >= 0.6 is 0 Å². The summed E-state index contributed by atoms with van der Waals surface area (Å²) in [5.74, 6) is -5.35. The zero-order chi connectivity index (χ0) is 43.2. The summed E-state index contributed by atoms with van der Waals surface area (Å²) in [6.45, 7) is 4.35. The number of unbranched alkanes of at least 4 members (excludes halogenated alkanes) is 1. The van der Waals surface area contributed by atoms with Crippen molar-refractivity contribution in [3.05, 3.63) is 36.0 Å². The number of para-hydroxylation sites is 1. The van der Waals surface area contributed by atoms with E-state index in [9.17, 15) is 38.7 Å². The first-order chi connectivity index (χ1) is 28.1. The van der Waals surface area contributed by atoms with Gasteiger partial charge in [-0.25, -0.2) is 4.79 Å². The summed E-state index contributed by atoms with van der Waals surface area (Å²) < 4.78 is 0. The average molecular weight is 824 g/mol. The molecule has 2 fully saturated rings. The molecule has 0 unspecified atom stereocenters. The summed E-state index contributed by atoms with van der Waals surface area (Å²) in [5, 5.41) is 21.7. The molecule has 0 spiro atoms. The highest BCUT2D eigenvalue weighted by molar-refractivity contribution is 5.98. The number of amides is 6. The number of likely N-dealkylation sites (N-methyl/N-ethyl adjacent to an activating group) is 1. The van der Waals surface area contributed by atoms with Gasteiger partial charge >= 0.3 is 5.97 Å². The summed E-state index contributed by atoms with van der Waals surface area (Å²) >= 11 is 0. The maximum atomic E-state index is 14.4. The Bertz CT molecular complexity index is 1840. The molecule has 2 aromatic rings. The number of carboxylic acid groups (broad SMARTS) is 1. The number of aromatic nitrogens is 1. The molecule has 1 aromatic heterocycles. The van der Waals surface area contributed by atoms with Gasteiger partial charge in [0.25, 0.3) is 0 Å². The van der Waals surface area contributed by atoms with Crippen LogP contribution in [0.1, 0.15) is 83.6 Å². The molecule has 19 nitrogen and oxygen atoms in total. The molecule has 0 radical (unpaired) electrons. The lowest BCUT2D eigenvalue weighted by atomic mass is 10.0. The van der Waals surface area contributed by atoms with Crippen molar-refractivity contribution in [2.24, 2.45) is 28.1 Å². The minimum atomic E-state index is -1.42. The van der Waals surface area contributed by atoms with Gasteiger partial charge in [0.1, 0.15) is 36.3 Å². The summed E-state index contributed by atoms with van der Waals surface area (Å²) in [5.41, 5.74) is 18.3. The van der Waals surface area contributed by atoms with Crippen molar-refractivity contribution in [1.29, 1.82) is 0 Å². The fraction of sp³-hybridized carbons (Fsp3) is 0.600. The van der Waals surface area contributed by atoms with E-state index in [2.05, 4.69) is 31.2 Å². The molecule has 19 heteroatoms. The molecule has 3 heterocycles. The molecule has 6 atom stereocenters. The number of carbonyl (C=O) groups excluding carboxylic acids is 6. The molecule has 12 N–H and O–H groups in total. The molecule has 2 saturated heterocycles. The van der Waals surface area contributed by atoms with Gasteiger partial charge in [0, 0.05) is 50.1 Å². The van der Waals surface area contributed by atoms with Crippen LogP contribution in [0.2, 0.25) is 0 Å². The number of nitrogens with one attached hydrogen (secondary N) is 5. The van der Waals surface area contributed by atoms with Gasteiger partial charge in [-0.3, -0.25) is 33.8 Å². The lowest BCUT2D eigenvalue weighted by Gasteiger charge is -2.32. The number of rotatable bonds is 15. The number of benzene rings is 1. The predicted octanol–water partition coefficient (Wildman–Crippen LogP) is -0.425. The molecular weight excluding hydrogens is 763 g/mol. The van der Waals surface area contributed by atoms with Crippen LogP contribution in [0, 0.1) is 5.92 Å². The number of nitrogens with zero attached hydrogens (tertiary/aromatic N) is 3. The summed E-state index contributed by atoms with van der Waals surface area (Å²) in [6, 6.07) is 0.330. The zero-order valence-electron chi connectivity index (χ0n) is 34.2. The third-order valence-corrected chi connectivity index (χ3v) is 10.8. The predicted molar refractivity (Wildman–Crippen MR) is 220 cm³/mol. The van der Waals surface area contributed by atoms with Gasteiger partial charge < -0.3 is 58.4 Å². The van der Waals surface area contributed by atoms with Crippen LogP contribution in [0.15, 0.2) is 35.5 Å². The molecule has 324 valence electrons. The SMILES string of the molecule is CC(C)C[C@H](NC(=O)[C@@H]1CCC(=O)N(C)[C@@H](CCCN=C(N)N)C(=O)N[C@@H](CCCCN)C(=O)N2CCC[C@H]2C(=O)N[C@@H](Cc2c[nH]c3ccccc23)C(=O)N1)C(=O)O. The molecule has 0 saturated carbocycles. The highest BCUT2D eigenvalue weighted by atomic mass is 16.4. The zero-order valence-corrected chi connectivity index (χ0v) is 34.2. The Labute approximate surface area is 344 Å². The molecular formula is C40H61N11O8. The first-order valence-corrected chi connectivity index (χ1v) is 20.4. The minimum absolute atomic E-state index is 0.0112. The van der Waals surface area contributed by atoms with Gasteiger partial charge in [-0.2, -0.15) is 0 Å². The maximum absolute atomic E-state index is 14.4. The van der Waals surface area contributed by atoms with E-state index >= 15 is 0 Å². The Balaban J connectivity index is 1.77. The first kappa shape index (κ1) is 46.0. The lowest BCUT2D eigenvalue weighted by Crippen LogP contribution is -2.59. The Hall–Kier alpha value is -5.72. The smallest absolute Gasteiger partial charge is 0.326 e. The minimum Gasteiger partial charge on any atom is -0.480 e. The number of aliphatic imine (C=N–C) groups is 1. The number of guanidine groups is 1. The molecule has 4 rings (SSSR count). The second-order valence-corrected chi connectivity index (χ2v) is 15.8. The number of H-pyrrole nitrogens is 1. The molecule has 2 aliphatic rings. The number of aromatic amines is 1. The molecule has 2 aliphatic heterocycles. The lowest BCUT2D eigenvalue weighted by molar-refractivity contribution is -0.144. The second kappa shape index (κ2) is 21.9. The third-order valence-electron chi connectivity index (χ3n) is 10.8. The Morgan fingerprint density at radius 1 is 0.949 bits per heavy atom. The van der Waals surface area contributed by atoms with Crippen molar-refractivity contribution in [1.82, 2.24) is 36.1 Å². The van der Waals surface area contributed by atoms with Gasteiger partial charge in [-0.1, -0.05) is 32.0 Å². The van der Waals surface area contributed by atoms with Crippen LogP contribution < -0.4 is 38.5 Å². The monoisotopic (exact) mass is 823 g/mol. The van der Waals surface area contributed by atoms with E-state index in [0.717, 1.165) is 10.9 Å². The number of aliphatic carboxylic acids is 1. The van der Waals surface area contributed by atoms with E-state index in [0.29, 0.717) is 44.2 Å². The van der Waals surface area contributed by atoms with E-state index in [1.54, 1.807) is 20.0 Å². The Kier molecular flexibility index (Phi) is 17.0. The van der Waals surface area contributed by atoms with Crippen LogP contribution in [-0.4, -0.2) is 130 Å². The van der Waals surface area contributed by atoms with E-state index in [-0.39, 0.29) is 63.5 Å². The van der Waals surface area contributed by atoms with Crippen molar-refractivity contribution in [3.63, 3.8) is 0 Å². The molecule has 1 aromatic carbocycles. The van der Waals surface area contributed by atoms with Crippen LogP contribution in [0.5, 0.6) is 0 Å². The number of carbonyl (C=O) groups is 7. The fourth-order valence-electron chi connectivity index (χ4n) is 7.64. The number of fused-ring (bicyclic) bond motifs is 2. The highest BCUT2D eigenvalue weighted by Gasteiger charge is 2.41. The highest BCUT2D eigenvalue weighted by Crippen LogP contribution is 2.23. The topological polar surface area (TPSA) is 301 Å². The van der Waals surface area contributed by atoms with E-state index in [1.165, 1.54) is 16.8 Å². The number of hydrogen-bond donors (Lipinski definition) is 9. The van der Waals surface area contributed by atoms with Crippen molar-refractivity contribution >= 4 is 58.3 Å². The van der Waals surface area contributed by atoms with Gasteiger partial charge in [0.05, 0.1) is 0 Å². The van der Waals surface area contributed by atoms with Crippen molar-refractivity contribution in [2.75, 3.05) is 26.7 Å². The third kappa shape index (κ3) is 12.9. The standard InChI is InChI=1S/C40H61N11O8/c1-23(2)20-30(39(58)59)49-34(53)27-15-16-33(52)50(3)31(13-8-18-44-40(42)43)36(55)47-28(12-6-7-17-41)38(57)51-19-9-14-32(51)37(56)48-29(35(54)46-27)21-24-22-45-26-11-5-4-10-25(24)26/h4-5,10-11,22-23,27-32,45H,6-9,12-21,41H2,1-3H3,(H,46,54)(H,47,55)(H,48,56)(H,49,53)(H,58,59)(H4,42,43,44)/t27-,28-,29-,30-,31-,32-/m0/s1. The van der Waals surface area contributed by atoms with Gasteiger partial charge in [-0.15, -0.1) is 0 Å². The summed E-state index contributed by atoms with van der Waals surface area (Å²) in [6.07, 6.45) is 3.67. The van der Waals surface area contributed by atoms with E-state index < -0.39 is 77.7 Å². The van der Waals surface area contributed by atoms with E-state index in [1.807, 2.05) is 24.3 Å².